The van der Waals surface area contributed by atoms with Gasteiger partial charge in [-0.2, -0.15) is 10.2 Å². The number of non-ortho nitro benzene ring substituents is 1. The van der Waals surface area contributed by atoms with Crippen molar-refractivity contribution in [1.29, 1.82) is 0 Å². The van der Waals surface area contributed by atoms with Crippen LogP contribution in [0, 0.1) is 10.1 Å². The van der Waals surface area contributed by atoms with Crippen LogP contribution in [-0.2, 0) is 0 Å². The molecule has 0 aliphatic carbocycles. The van der Waals surface area contributed by atoms with Gasteiger partial charge in [0.25, 0.3) is 11.6 Å². The first-order chi connectivity index (χ1) is 12.0. The summed E-state index contributed by atoms with van der Waals surface area (Å²) in [6, 6.07) is 12.2. The fourth-order valence-electron chi connectivity index (χ4n) is 1.69. The van der Waals surface area contributed by atoms with Crippen molar-refractivity contribution in [3.8, 4) is 0 Å². The Labute approximate surface area is 148 Å². The maximum Gasteiger partial charge on any atom is 0.271 e. The molecule has 0 saturated heterocycles. The maximum atomic E-state index is 11.9. The molecule has 0 unspecified atom stereocenters. The second-order valence-corrected chi connectivity index (χ2v) is 5.31. The Morgan fingerprint density at radius 3 is 2.40 bits per heavy atom. The van der Waals surface area contributed by atoms with Crippen LogP contribution >= 0.6 is 11.6 Å². The molecular formula is C16H14ClN5O3. The smallest absolute Gasteiger partial charge is 0.271 e. The summed E-state index contributed by atoms with van der Waals surface area (Å²) in [5.74, 6) is -0.368. The third-order valence-electron chi connectivity index (χ3n) is 2.96. The van der Waals surface area contributed by atoms with Gasteiger partial charge in [0.15, 0.2) is 0 Å². The number of hydrogen-bond donors (Lipinski definition) is 2. The highest BCUT2D eigenvalue weighted by atomic mass is 35.5. The normalized spacial score (nSPS) is 11.4. The molecule has 0 saturated carbocycles. The second-order valence-electron chi connectivity index (χ2n) is 4.87. The van der Waals surface area contributed by atoms with Crippen molar-refractivity contribution in [1.82, 2.24) is 5.43 Å². The van der Waals surface area contributed by atoms with Crippen LogP contribution in [0.3, 0.4) is 0 Å². The van der Waals surface area contributed by atoms with Crippen molar-refractivity contribution in [2.45, 2.75) is 6.92 Å². The SMILES string of the molecule is CC(/C=N/Nc1ccc([N+](=O)[O-])cc1)=N\NC(=O)c1ccc(Cl)cc1. The van der Waals surface area contributed by atoms with Crippen LogP contribution < -0.4 is 10.9 Å². The predicted octanol–water partition coefficient (Wildman–Crippen LogP) is 3.45. The number of carbonyl (C=O) groups excluding carboxylic acids is 1. The van der Waals surface area contributed by atoms with E-state index in [1.165, 1.54) is 30.5 Å². The molecule has 1 amide bonds. The summed E-state index contributed by atoms with van der Waals surface area (Å²) in [5, 5.41) is 18.9. The summed E-state index contributed by atoms with van der Waals surface area (Å²) in [5.41, 5.74) is 6.57. The summed E-state index contributed by atoms with van der Waals surface area (Å²) < 4.78 is 0. The molecule has 0 spiro atoms. The van der Waals surface area contributed by atoms with Crippen LogP contribution in [0.2, 0.25) is 5.02 Å². The van der Waals surface area contributed by atoms with Crippen molar-refractivity contribution in [2.75, 3.05) is 5.43 Å². The molecule has 2 rings (SSSR count). The van der Waals surface area contributed by atoms with Gasteiger partial charge in [0, 0.05) is 22.7 Å². The van der Waals surface area contributed by atoms with Gasteiger partial charge in [0.2, 0.25) is 0 Å². The lowest BCUT2D eigenvalue weighted by atomic mass is 10.2. The number of carbonyl (C=O) groups is 1. The minimum atomic E-state index is -0.479. The molecule has 2 N–H and O–H groups in total. The summed E-state index contributed by atoms with van der Waals surface area (Å²) >= 11 is 5.76. The Balaban J connectivity index is 1.87. The topological polar surface area (TPSA) is 109 Å². The van der Waals surface area contributed by atoms with E-state index in [2.05, 4.69) is 21.1 Å². The minimum absolute atomic E-state index is 0.00261. The van der Waals surface area contributed by atoms with E-state index >= 15 is 0 Å². The molecule has 0 aliphatic rings. The van der Waals surface area contributed by atoms with E-state index in [0.29, 0.717) is 22.0 Å². The fourth-order valence-corrected chi connectivity index (χ4v) is 1.82. The number of amides is 1. The Bertz CT molecular complexity index is 817. The number of hydrogen-bond acceptors (Lipinski definition) is 6. The van der Waals surface area contributed by atoms with E-state index in [-0.39, 0.29) is 11.6 Å². The Hall–Kier alpha value is -3.26. The quantitative estimate of drug-likeness (QED) is 0.467. The van der Waals surface area contributed by atoms with E-state index in [0.717, 1.165) is 0 Å². The first kappa shape index (κ1) is 18.1. The largest absolute Gasteiger partial charge is 0.278 e. The van der Waals surface area contributed by atoms with Crippen molar-refractivity contribution >= 4 is 40.8 Å². The van der Waals surface area contributed by atoms with E-state index in [9.17, 15) is 14.9 Å². The zero-order valence-corrected chi connectivity index (χ0v) is 13.9. The van der Waals surface area contributed by atoms with Gasteiger partial charge in [-0.25, -0.2) is 5.43 Å². The number of benzene rings is 2. The summed E-state index contributed by atoms with van der Waals surface area (Å²) in [7, 11) is 0. The zero-order valence-electron chi connectivity index (χ0n) is 13.1. The van der Waals surface area contributed by atoms with Gasteiger partial charge in [-0.3, -0.25) is 20.3 Å². The monoisotopic (exact) mass is 359 g/mol. The van der Waals surface area contributed by atoms with Crippen molar-refractivity contribution in [3.05, 3.63) is 69.2 Å². The van der Waals surface area contributed by atoms with Gasteiger partial charge >= 0.3 is 0 Å². The molecule has 25 heavy (non-hydrogen) atoms. The van der Waals surface area contributed by atoms with E-state index in [1.807, 2.05) is 0 Å². The van der Waals surface area contributed by atoms with E-state index in [1.54, 1.807) is 31.2 Å². The van der Waals surface area contributed by atoms with Crippen LogP contribution in [0.1, 0.15) is 17.3 Å². The van der Waals surface area contributed by atoms with Crippen LogP contribution in [0.15, 0.2) is 58.7 Å². The summed E-state index contributed by atoms with van der Waals surface area (Å²) in [6.07, 6.45) is 1.41. The third-order valence-corrected chi connectivity index (χ3v) is 3.22. The predicted molar refractivity (Wildman–Crippen MR) is 97.2 cm³/mol. The molecule has 0 aromatic heterocycles. The van der Waals surface area contributed by atoms with Crippen molar-refractivity contribution < 1.29 is 9.72 Å². The van der Waals surface area contributed by atoms with Gasteiger partial charge in [0.1, 0.15) is 0 Å². The number of nitrogens with zero attached hydrogens (tertiary/aromatic N) is 3. The fraction of sp³-hybridized carbons (Fsp3) is 0.0625. The van der Waals surface area contributed by atoms with E-state index < -0.39 is 4.92 Å². The third kappa shape index (κ3) is 5.70. The summed E-state index contributed by atoms with van der Waals surface area (Å²) in [4.78, 5) is 21.9. The highest BCUT2D eigenvalue weighted by Crippen LogP contribution is 2.15. The molecule has 0 heterocycles. The van der Waals surface area contributed by atoms with Crippen LogP contribution in [-0.4, -0.2) is 22.8 Å². The van der Waals surface area contributed by atoms with Crippen LogP contribution in [0.25, 0.3) is 0 Å². The van der Waals surface area contributed by atoms with Gasteiger partial charge in [0.05, 0.1) is 22.5 Å². The molecule has 0 atom stereocenters. The molecule has 0 aliphatic heterocycles. The lowest BCUT2D eigenvalue weighted by molar-refractivity contribution is -0.384. The van der Waals surface area contributed by atoms with Gasteiger partial charge < -0.3 is 0 Å². The number of anilines is 1. The van der Waals surface area contributed by atoms with Gasteiger partial charge in [-0.05, 0) is 43.3 Å². The first-order valence-electron chi connectivity index (χ1n) is 7.09. The number of nitrogens with one attached hydrogen (secondary N) is 2. The average molecular weight is 360 g/mol. The Morgan fingerprint density at radius 1 is 1.16 bits per heavy atom. The molecule has 9 heteroatoms. The van der Waals surface area contributed by atoms with Gasteiger partial charge in [-0.15, -0.1) is 0 Å². The maximum absolute atomic E-state index is 11.9. The Morgan fingerprint density at radius 2 is 1.80 bits per heavy atom. The lowest BCUT2D eigenvalue weighted by Crippen LogP contribution is -2.19. The lowest BCUT2D eigenvalue weighted by Gasteiger charge is -2.01. The van der Waals surface area contributed by atoms with Crippen LogP contribution in [0.4, 0.5) is 11.4 Å². The van der Waals surface area contributed by atoms with Crippen molar-refractivity contribution in [2.24, 2.45) is 10.2 Å². The highest BCUT2D eigenvalue weighted by molar-refractivity contribution is 6.30. The number of nitro groups is 1. The van der Waals surface area contributed by atoms with Crippen molar-refractivity contribution in [3.63, 3.8) is 0 Å². The highest BCUT2D eigenvalue weighted by Gasteiger charge is 2.04. The van der Waals surface area contributed by atoms with Crippen LogP contribution in [0.5, 0.6) is 0 Å². The molecule has 0 fully saturated rings. The average Bonchev–Trinajstić information content (AvgIpc) is 2.60. The number of hydrazone groups is 2. The second kappa shape index (κ2) is 8.55. The molecule has 0 radical (unpaired) electrons. The molecule has 0 bridgehead atoms. The first-order valence-corrected chi connectivity index (χ1v) is 7.47. The standard InChI is InChI=1S/C16H14ClN5O3/c1-11(19-21-16(23)12-2-4-13(17)5-3-12)10-18-20-14-6-8-15(9-7-14)22(24)25/h2-10,20H,1H3,(H,21,23)/b18-10+,19-11+. The van der Waals surface area contributed by atoms with E-state index in [4.69, 9.17) is 11.6 Å². The van der Waals surface area contributed by atoms with Gasteiger partial charge in [-0.1, -0.05) is 11.6 Å². The molecule has 128 valence electrons. The Kier molecular flexibility index (Phi) is 6.19. The minimum Gasteiger partial charge on any atom is -0.278 e. The zero-order chi connectivity index (χ0) is 18.2. The summed E-state index contributed by atoms with van der Waals surface area (Å²) in [6.45, 7) is 1.66. The number of nitro benzene ring substituents is 1. The molecule has 8 nitrogen and oxygen atoms in total. The molecule has 2 aromatic rings. The number of rotatable bonds is 6. The molecular weight excluding hydrogens is 346 g/mol. The molecule has 2 aromatic carbocycles. The number of halogens is 1.